The molecule has 5 aliphatic heterocycles. The number of methoxy groups -OCH3 is 4. The van der Waals surface area contributed by atoms with Crippen molar-refractivity contribution in [2.75, 3.05) is 216 Å². The number of rotatable bonds is 33. The van der Waals surface area contributed by atoms with Crippen molar-refractivity contribution in [2.24, 2.45) is 11.3 Å². The Labute approximate surface area is 781 Å². The number of aryl methyl sites for hydroxylation is 4. The first-order valence-corrected chi connectivity index (χ1v) is 48.5. The van der Waals surface area contributed by atoms with Crippen molar-refractivity contribution < 1.29 is 46.7 Å². The molecule has 0 atom stereocenters. The standard InChI is InChI=1S/C31H42N4O3.C28H38N4O2.C24H32N4O2.C24H31N3O3/c1-6-22-7-8-28(37-22)26-14-27(35(4)18-21-9-11-33(2)12-10-21)24-13-29(36-5)30(15-25(24)32-26)38-23-16-31(17-23)19-34(3)20-31;1-20-11-12-23(29-20)25-18-26(31(2)21-9-4-5-10-21)22-17-27(33-3)28(19-24(22)30-25)34-16-8-15-32-13-6-7-14-32;1-17-8-9-19(25-17)21-15-22(27(2)3)18-14-23(29-4)24(16-20(18)26-21)30-13-7-12-28-10-5-6-11-28;1-17-8-9-22(30-17)20-15-21(26(2)3)18-14-23(28-4)24(16-19(18)25-20)29-13-7-12-27-10-5-6-11-27/h7-8,13-15,21,23H,6,9-12,16-20H2,1-5H3;11-12,17-19,21,29H,4-10,13-16H2,1-3H3;8-9,14-16,25H,5-7,10-13H2,1-4H3;8-9,14-16H,5-7,10-13H2,1-4H3. The van der Waals surface area contributed by atoms with Gasteiger partial charge in [-0.1, -0.05) is 19.8 Å². The van der Waals surface area contributed by atoms with Crippen LogP contribution in [0.2, 0.25) is 0 Å². The van der Waals surface area contributed by atoms with E-state index in [9.17, 15) is 0 Å². The Balaban J connectivity index is 0.000000129. The number of fused-ring (bicyclic) bond motifs is 4. The van der Waals surface area contributed by atoms with Gasteiger partial charge in [0.1, 0.15) is 29.0 Å². The Morgan fingerprint density at radius 1 is 0.417 bits per heavy atom. The highest BCUT2D eigenvalue weighted by Crippen LogP contribution is 2.51. The zero-order valence-electron chi connectivity index (χ0n) is 81.4. The van der Waals surface area contributed by atoms with Crippen LogP contribution >= 0.6 is 0 Å². The molecule has 2 saturated carbocycles. The molecule has 8 aromatic heterocycles. The lowest BCUT2D eigenvalue weighted by Gasteiger charge is -2.57. The number of benzene rings is 4. The molecule has 19 rings (SSSR count). The van der Waals surface area contributed by atoms with Gasteiger partial charge in [-0.15, -0.1) is 0 Å². The lowest BCUT2D eigenvalue weighted by atomic mass is 9.62. The fourth-order valence-corrected chi connectivity index (χ4v) is 20.6. The number of ether oxygens (including phenoxy) is 8. The molecule has 2 N–H and O–H groups in total. The minimum absolute atomic E-state index is 0.238. The van der Waals surface area contributed by atoms with Crippen LogP contribution in [0.5, 0.6) is 46.0 Å². The van der Waals surface area contributed by atoms with E-state index in [2.05, 4.69) is 182 Å². The third-order valence-electron chi connectivity index (χ3n) is 27.8. The normalized spacial score (nSPS) is 16.8. The monoisotopic (exact) mass is 1800 g/mol. The van der Waals surface area contributed by atoms with Crippen LogP contribution in [0.15, 0.2) is 130 Å². The summed E-state index contributed by atoms with van der Waals surface area (Å²) in [6.07, 6.45) is 21.8. The van der Waals surface area contributed by atoms with E-state index in [1.54, 1.807) is 28.4 Å². The first kappa shape index (κ1) is 94.2. The van der Waals surface area contributed by atoms with E-state index in [0.29, 0.717) is 37.2 Å². The maximum absolute atomic E-state index is 6.52. The third-order valence-corrected chi connectivity index (χ3v) is 27.8. The molecular formula is C107H143N15O10. The molecule has 706 valence electrons. The first-order valence-electron chi connectivity index (χ1n) is 48.5. The fraction of sp³-hybridized carbons (Fsp3) is 0.514. The summed E-state index contributed by atoms with van der Waals surface area (Å²) in [7, 11) is 23.8. The molecule has 7 aliphatic rings. The molecular weight excluding hydrogens is 1660 g/mol. The second-order valence-corrected chi connectivity index (χ2v) is 38.4. The van der Waals surface area contributed by atoms with Gasteiger partial charge in [-0.25, -0.2) is 19.9 Å². The minimum atomic E-state index is 0.238. The number of likely N-dealkylation sites (tertiary alicyclic amines) is 5. The highest BCUT2D eigenvalue weighted by atomic mass is 16.5. The van der Waals surface area contributed by atoms with E-state index in [0.717, 1.165) is 240 Å². The number of aromatic nitrogens is 6. The molecule has 5 saturated heterocycles. The number of furan rings is 2. The Morgan fingerprint density at radius 2 is 0.818 bits per heavy atom. The van der Waals surface area contributed by atoms with Gasteiger partial charge in [0.25, 0.3) is 0 Å². The fourth-order valence-electron chi connectivity index (χ4n) is 20.6. The van der Waals surface area contributed by atoms with Crippen molar-refractivity contribution >= 4 is 66.4 Å². The molecule has 4 aromatic carbocycles. The van der Waals surface area contributed by atoms with Crippen LogP contribution in [0.4, 0.5) is 22.7 Å². The number of hydrogen-bond acceptors (Lipinski definition) is 23. The van der Waals surface area contributed by atoms with Crippen molar-refractivity contribution in [2.45, 2.75) is 155 Å². The van der Waals surface area contributed by atoms with Gasteiger partial charge in [0.05, 0.1) is 93.1 Å². The number of pyridine rings is 4. The molecule has 132 heavy (non-hydrogen) atoms. The number of hydrogen-bond donors (Lipinski definition) is 2. The lowest BCUT2D eigenvalue weighted by Crippen LogP contribution is -2.63. The van der Waals surface area contributed by atoms with Crippen molar-refractivity contribution in [3.63, 3.8) is 0 Å². The Kier molecular flexibility index (Phi) is 31.0. The smallest absolute Gasteiger partial charge is 0.163 e. The predicted molar refractivity (Wildman–Crippen MR) is 535 cm³/mol. The van der Waals surface area contributed by atoms with Crippen LogP contribution in [0, 0.1) is 32.1 Å². The SMILES string of the molecule is CCc1ccc(-c2cc(N(C)CC3CCN(C)CC3)c3cc(OC)c(OC4CC5(C4)CN(C)C5)cc3n2)o1.COc1cc2c(N(C)C)cc(-c3ccc(C)[nH]3)nc2cc1OCCCN1CCCC1.COc1cc2c(N(C)C)cc(-c3ccc(C)o3)nc2cc1OCCCN1CCCC1.COc1cc2c(N(C)C3CCCC3)cc(-c3ccc(C)[nH]3)nc2cc1OCCCN1CCCC1. The van der Waals surface area contributed by atoms with E-state index in [1.165, 1.54) is 148 Å². The molecule has 7 fully saturated rings. The summed E-state index contributed by atoms with van der Waals surface area (Å²) < 4.78 is 59.9. The van der Waals surface area contributed by atoms with Crippen molar-refractivity contribution in [1.29, 1.82) is 0 Å². The third kappa shape index (κ3) is 22.7. The summed E-state index contributed by atoms with van der Waals surface area (Å²) in [5.74, 6) is 10.2. The Hall–Kier alpha value is -11.0. The highest BCUT2D eigenvalue weighted by Gasteiger charge is 2.52. The summed E-state index contributed by atoms with van der Waals surface area (Å²) in [5.41, 5.74) is 16.5. The van der Waals surface area contributed by atoms with E-state index in [1.807, 2.05) is 77.6 Å². The number of anilines is 4. The number of aromatic amines is 2. The Morgan fingerprint density at radius 3 is 1.23 bits per heavy atom. The zero-order valence-corrected chi connectivity index (χ0v) is 81.4. The number of piperidine rings is 1. The molecule has 12 aromatic rings. The molecule has 1 spiro atoms. The van der Waals surface area contributed by atoms with Gasteiger partial charge in [-0.2, -0.15) is 0 Å². The first-order chi connectivity index (χ1) is 64.1. The summed E-state index contributed by atoms with van der Waals surface area (Å²) >= 11 is 0. The summed E-state index contributed by atoms with van der Waals surface area (Å²) in [5, 5.41) is 4.27. The number of nitrogens with zero attached hydrogens (tertiary/aromatic N) is 13. The van der Waals surface area contributed by atoms with Crippen LogP contribution < -0.4 is 57.5 Å². The maximum atomic E-state index is 6.52. The highest BCUT2D eigenvalue weighted by molar-refractivity contribution is 5.99. The summed E-state index contributed by atoms with van der Waals surface area (Å²) in [4.78, 5) is 48.2. The van der Waals surface area contributed by atoms with Crippen LogP contribution in [-0.2, 0) is 6.42 Å². The van der Waals surface area contributed by atoms with Crippen molar-refractivity contribution in [3.8, 4) is 91.7 Å². The van der Waals surface area contributed by atoms with Gasteiger partial charge in [0.15, 0.2) is 57.5 Å². The molecule has 25 heteroatoms. The van der Waals surface area contributed by atoms with Crippen LogP contribution in [0.25, 0.3) is 89.3 Å². The quantitative estimate of drug-likeness (QED) is 0.0366. The number of H-pyrrole nitrogens is 2. The molecule has 0 bridgehead atoms. The van der Waals surface area contributed by atoms with E-state index in [-0.39, 0.29) is 6.10 Å². The van der Waals surface area contributed by atoms with Crippen LogP contribution in [0.3, 0.4) is 0 Å². The number of nitrogens with one attached hydrogen (secondary N) is 2. The molecule has 25 nitrogen and oxygen atoms in total. The van der Waals surface area contributed by atoms with Crippen LogP contribution in [0.1, 0.15) is 139 Å². The van der Waals surface area contributed by atoms with Gasteiger partial charge in [-0.3, -0.25) is 0 Å². The zero-order chi connectivity index (χ0) is 92.1. The average Bonchev–Trinajstić information content (AvgIpc) is 0.915. The molecule has 0 amide bonds. The maximum Gasteiger partial charge on any atom is 0.163 e. The molecule has 0 unspecified atom stereocenters. The topological polar surface area (TPSA) is 212 Å². The van der Waals surface area contributed by atoms with Gasteiger partial charge in [-0.05, 0) is 287 Å². The Bertz CT molecular complexity index is 5650. The van der Waals surface area contributed by atoms with E-state index in [4.69, 9.17) is 66.7 Å². The van der Waals surface area contributed by atoms with E-state index < -0.39 is 0 Å². The minimum Gasteiger partial charge on any atom is -0.493 e. The average molecular weight is 1800 g/mol. The van der Waals surface area contributed by atoms with Gasteiger partial charge < -0.3 is 101 Å². The second kappa shape index (κ2) is 43.4. The molecule has 13 heterocycles. The van der Waals surface area contributed by atoms with Gasteiger partial charge in [0.2, 0.25) is 0 Å². The van der Waals surface area contributed by atoms with Crippen molar-refractivity contribution in [3.05, 3.63) is 144 Å². The summed E-state index contributed by atoms with van der Waals surface area (Å²) in [6, 6.07) is 41.9. The lowest BCUT2D eigenvalue weighted by molar-refractivity contribution is -0.109. The van der Waals surface area contributed by atoms with E-state index >= 15 is 0 Å². The van der Waals surface area contributed by atoms with Gasteiger partial charge >= 0.3 is 0 Å². The van der Waals surface area contributed by atoms with Gasteiger partial charge in [0, 0.05) is 179 Å². The van der Waals surface area contributed by atoms with Crippen LogP contribution in [-0.4, -0.2) is 263 Å². The predicted octanol–water partition coefficient (Wildman–Crippen LogP) is 20.3. The second-order valence-electron chi connectivity index (χ2n) is 38.4. The molecule has 0 radical (unpaired) electrons. The largest absolute Gasteiger partial charge is 0.493 e. The summed E-state index contributed by atoms with van der Waals surface area (Å²) in [6.45, 7) is 26.5. The molecule has 2 aliphatic carbocycles. The van der Waals surface area contributed by atoms with Crippen molar-refractivity contribution in [1.82, 2.24) is 54.4 Å².